The maximum absolute atomic E-state index is 13.2. The molecule has 1 aromatic heterocycles. The number of hydrogen-bond donors (Lipinski definition) is 2. The van der Waals surface area contributed by atoms with Crippen LogP contribution in [0.3, 0.4) is 0 Å². The number of halogens is 1. The number of nitriles is 1. The zero-order valence-corrected chi connectivity index (χ0v) is 19.7. The summed E-state index contributed by atoms with van der Waals surface area (Å²) in [4.78, 5) is 18.1. The van der Waals surface area contributed by atoms with Crippen molar-refractivity contribution < 1.29 is 13.2 Å². The van der Waals surface area contributed by atoms with Gasteiger partial charge in [-0.2, -0.15) is 5.26 Å². The quantitative estimate of drug-likeness (QED) is 0.675. The van der Waals surface area contributed by atoms with Crippen molar-refractivity contribution in [3.8, 4) is 6.07 Å². The third-order valence-electron chi connectivity index (χ3n) is 6.17. The molecular weight excluding hydrogens is 468 g/mol. The first-order valence-corrected chi connectivity index (χ1v) is 13.2. The molecule has 1 aromatic carbocycles. The van der Waals surface area contributed by atoms with Crippen molar-refractivity contribution in [1.82, 2.24) is 5.32 Å². The number of amides is 1. The minimum Gasteiger partial charge on any atom is -0.386 e. The first-order valence-electron chi connectivity index (χ1n) is 10.4. The first-order chi connectivity index (χ1) is 15.3. The first kappa shape index (κ1) is 22.8. The van der Waals surface area contributed by atoms with E-state index in [9.17, 15) is 13.2 Å². The van der Waals surface area contributed by atoms with Crippen LogP contribution >= 0.6 is 22.9 Å². The Morgan fingerprint density at radius 2 is 1.97 bits per heavy atom. The summed E-state index contributed by atoms with van der Waals surface area (Å²) in [6.45, 7) is 0.292. The second-order valence-corrected chi connectivity index (χ2v) is 12.0. The molecule has 1 spiro atoms. The number of sulfone groups is 1. The molecule has 7 nitrogen and oxygen atoms in total. The summed E-state index contributed by atoms with van der Waals surface area (Å²) in [6.07, 6.45) is 3.68. The molecular formula is C22H23ClN4O3S2. The van der Waals surface area contributed by atoms with Gasteiger partial charge in [0.15, 0.2) is 9.84 Å². The molecule has 168 valence electrons. The normalized spacial score (nSPS) is 21.5. The highest BCUT2D eigenvalue weighted by molar-refractivity contribution is 7.93. The summed E-state index contributed by atoms with van der Waals surface area (Å²) >= 11 is 7.52. The van der Waals surface area contributed by atoms with Crippen LogP contribution in [0.5, 0.6) is 0 Å². The van der Waals surface area contributed by atoms with Crippen molar-refractivity contribution in [3.63, 3.8) is 0 Å². The number of nitrogens with zero attached hydrogens (tertiary/aromatic N) is 2. The Hall–Kier alpha value is -2.41. The number of benzene rings is 1. The van der Waals surface area contributed by atoms with E-state index in [2.05, 4.69) is 16.4 Å². The summed E-state index contributed by atoms with van der Waals surface area (Å²) in [5, 5.41) is 12.0. The minimum absolute atomic E-state index is 0.153. The number of nitrogens with one attached hydrogen (secondary N) is 1. The molecule has 1 aliphatic carbocycles. The third kappa shape index (κ3) is 4.15. The summed E-state index contributed by atoms with van der Waals surface area (Å²) in [5.41, 5.74) is 7.63. The van der Waals surface area contributed by atoms with Gasteiger partial charge < -0.3 is 11.1 Å². The predicted molar refractivity (Wildman–Crippen MR) is 126 cm³/mol. The van der Waals surface area contributed by atoms with E-state index in [0.717, 1.165) is 36.2 Å². The van der Waals surface area contributed by atoms with Crippen LogP contribution in [0.4, 0.5) is 0 Å². The molecule has 1 saturated carbocycles. The van der Waals surface area contributed by atoms with Crippen LogP contribution in [-0.4, -0.2) is 30.7 Å². The van der Waals surface area contributed by atoms with E-state index in [1.54, 1.807) is 30.3 Å². The van der Waals surface area contributed by atoms with Gasteiger partial charge in [0, 0.05) is 11.4 Å². The number of carbonyl (C=O) groups excluding carboxylic acids is 1. The van der Waals surface area contributed by atoms with Crippen molar-refractivity contribution in [1.29, 1.82) is 5.26 Å². The van der Waals surface area contributed by atoms with E-state index in [1.807, 2.05) is 0 Å². The van der Waals surface area contributed by atoms with Gasteiger partial charge in [-0.15, -0.1) is 11.3 Å². The van der Waals surface area contributed by atoms with Gasteiger partial charge in [-0.05, 0) is 36.6 Å². The number of rotatable bonds is 4. The molecule has 1 fully saturated rings. The standard InChI is InChI=1S/C22H23ClN4O3S2/c23-16-10-18(20(28)26-12-15-6-4-14(11-24)5-7-15)31-19(16)17-13-32(29,30)22(21(25)27-17)8-2-1-3-9-22/h4-7,10,17H,1-3,8-9,12-13H2,(H2,25,27)(H,26,28)/t17-/m0/s1. The summed E-state index contributed by atoms with van der Waals surface area (Å²) in [6, 6.07) is 9.81. The van der Waals surface area contributed by atoms with E-state index < -0.39 is 20.6 Å². The molecule has 32 heavy (non-hydrogen) atoms. The summed E-state index contributed by atoms with van der Waals surface area (Å²) in [5.74, 6) is -0.295. The summed E-state index contributed by atoms with van der Waals surface area (Å²) < 4.78 is 25.4. The average molecular weight is 491 g/mol. The Morgan fingerprint density at radius 3 is 2.59 bits per heavy atom. The predicted octanol–water partition coefficient (Wildman–Crippen LogP) is 3.73. The van der Waals surface area contributed by atoms with E-state index in [4.69, 9.17) is 22.6 Å². The van der Waals surface area contributed by atoms with Crippen LogP contribution in [0.2, 0.25) is 5.02 Å². The molecule has 1 aliphatic heterocycles. The molecule has 0 saturated heterocycles. The molecule has 2 aliphatic rings. The molecule has 1 atom stereocenters. The van der Waals surface area contributed by atoms with Gasteiger partial charge in [-0.1, -0.05) is 43.0 Å². The van der Waals surface area contributed by atoms with E-state index in [0.29, 0.717) is 39.7 Å². The minimum atomic E-state index is -3.50. The molecule has 3 N–H and O–H groups in total. The Morgan fingerprint density at radius 1 is 1.28 bits per heavy atom. The lowest BCUT2D eigenvalue weighted by atomic mass is 9.87. The van der Waals surface area contributed by atoms with Gasteiger partial charge in [0.1, 0.15) is 16.6 Å². The number of nitrogens with two attached hydrogens (primary N) is 1. The van der Waals surface area contributed by atoms with Crippen molar-refractivity contribution in [2.24, 2.45) is 10.7 Å². The van der Waals surface area contributed by atoms with E-state index in [-0.39, 0.29) is 17.5 Å². The van der Waals surface area contributed by atoms with Gasteiger partial charge in [0.25, 0.3) is 5.91 Å². The highest BCUT2D eigenvalue weighted by Crippen LogP contribution is 2.44. The second-order valence-electron chi connectivity index (χ2n) is 8.18. The Kier molecular flexibility index (Phi) is 6.30. The Labute approximate surface area is 196 Å². The zero-order valence-electron chi connectivity index (χ0n) is 17.3. The molecule has 10 heteroatoms. The van der Waals surface area contributed by atoms with Crippen LogP contribution in [-0.2, 0) is 16.4 Å². The van der Waals surface area contributed by atoms with Crippen LogP contribution in [0.1, 0.15) is 63.8 Å². The molecule has 2 aromatic rings. The molecule has 0 radical (unpaired) electrons. The fourth-order valence-corrected chi connectivity index (χ4v) is 8.15. The van der Waals surface area contributed by atoms with Gasteiger partial charge in [0.2, 0.25) is 0 Å². The maximum Gasteiger partial charge on any atom is 0.261 e. The van der Waals surface area contributed by atoms with E-state index in [1.165, 1.54) is 0 Å². The van der Waals surface area contributed by atoms with Gasteiger partial charge in [-0.3, -0.25) is 9.79 Å². The summed E-state index contributed by atoms with van der Waals surface area (Å²) in [7, 11) is -3.50. The van der Waals surface area contributed by atoms with Gasteiger partial charge in [0.05, 0.1) is 27.3 Å². The van der Waals surface area contributed by atoms with Gasteiger partial charge >= 0.3 is 0 Å². The average Bonchev–Trinajstić information content (AvgIpc) is 3.18. The lowest BCUT2D eigenvalue weighted by Gasteiger charge is -2.40. The zero-order chi connectivity index (χ0) is 22.9. The van der Waals surface area contributed by atoms with Crippen LogP contribution in [0.15, 0.2) is 35.3 Å². The van der Waals surface area contributed by atoms with Gasteiger partial charge in [-0.25, -0.2) is 8.42 Å². The number of carbonyl (C=O) groups is 1. The highest BCUT2D eigenvalue weighted by Gasteiger charge is 2.51. The molecule has 1 amide bonds. The fourth-order valence-electron chi connectivity index (χ4n) is 4.36. The lowest BCUT2D eigenvalue weighted by molar-refractivity contribution is 0.0955. The maximum atomic E-state index is 13.2. The second kappa shape index (κ2) is 8.85. The van der Waals surface area contributed by atoms with Crippen molar-refractivity contribution >= 4 is 44.5 Å². The monoisotopic (exact) mass is 490 g/mol. The van der Waals surface area contributed by atoms with Crippen LogP contribution in [0.25, 0.3) is 0 Å². The molecule has 0 bridgehead atoms. The number of hydrogen-bond acceptors (Lipinski definition) is 7. The Balaban J connectivity index is 1.52. The van der Waals surface area contributed by atoms with Crippen LogP contribution in [0, 0.1) is 11.3 Å². The number of thiophene rings is 1. The SMILES string of the molecule is N#Cc1ccc(CNC(=O)c2cc(Cl)c([C@@H]3CS(=O)(=O)C4(CCCCC4)C(N)=N3)s2)cc1. The fraction of sp³-hybridized carbons (Fsp3) is 0.409. The lowest BCUT2D eigenvalue weighted by Crippen LogP contribution is -2.55. The third-order valence-corrected chi connectivity index (χ3v) is 10.4. The highest BCUT2D eigenvalue weighted by atomic mass is 35.5. The number of amidine groups is 1. The smallest absolute Gasteiger partial charge is 0.261 e. The largest absolute Gasteiger partial charge is 0.386 e. The van der Waals surface area contributed by atoms with E-state index >= 15 is 0 Å². The van der Waals surface area contributed by atoms with Crippen LogP contribution < -0.4 is 11.1 Å². The number of aliphatic imine (C=N–C) groups is 1. The molecule has 2 heterocycles. The topological polar surface area (TPSA) is 125 Å². The molecule has 0 unspecified atom stereocenters. The van der Waals surface area contributed by atoms with Crippen molar-refractivity contribution in [2.75, 3.05) is 5.75 Å². The Bertz CT molecular complexity index is 1210. The van der Waals surface area contributed by atoms with Crippen molar-refractivity contribution in [3.05, 3.63) is 56.2 Å². The van der Waals surface area contributed by atoms with Crippen molar-refractivity contribution in [2.45, 2.75) is 49.4 Å². The molecule has 4 rings (SSSR count).